The van der Waals surface area contributed by atoms with Gasteiger partial charge in [0.05, 0.1) is 13.2 Å². The molecule has 2 rings (SSSR count). The van der Waals surface area contributed by atoms with E-state index in [9.17, 15) is 0 Å². The molecule has 0 radical (unpaired) electrons. The summed E-state index contributed by atoms with van der Waals surface area (Å²) in [6.45, 7) is 4.96. The van der Waals surface area contributed by atoms with Crippen molar-refractivity contribution in [2.24, 2.45) is 0 Å². The highest BCUT2D eigenvalue weighted by molar-refractivity contribution is 5.57. The summed E-state index contributed by atoms with van der Waals surface area (Å²) < 4.78 is 11.0. The third-order valence-electron chi connectivity index (χ3n) is 2.94. The Labute approximate surface area is 96.8 Å². The van der Waals surface area contributed by atoms with Crippen molar-refractivity contribution in [3.05, 3.63) is 23.8 Å². The first kappa shape index (κ1) is 11.3. The van der Waals surface area contributed by atoms with Crippen LogP contribution in [0, 0.1) is 0 Å². The van der Waals surface area contributed by atoms with Gasteiger partial charge in [-0.05, 0) is 38.5 Å². The Hall–Kier alpha value is -1.22. The third kappa shape index (κ3) is 2.14. The smallest absolute Gasteiger partial charge is 0.119 e. The van der Waals surface area contributed by atoms with E-state index >= 15 is 0 Å². The molecular formula is C13H19NO2. The molecule has 1 N–H and O–H groups in total. The van der Waals surface area contributed by atoms with Gasteiger partial charge in [-0.25, -0.2) is 0 Å². The Morgan fingerprint density at radius 1 is 1.44 bits per heavy atom. The molecule has 0 saturated carbocycles. The van der Waals surface area contributed by atoms with Gasteiger partial charge in [0.2, 0.25) is 0 Å². The van der Waals surface area contributed by atoms with Crippen molar-refractivity contribution in [1.29, 1.82) is 0 Å². The molecule has 0 bridgehead atoms. The second kappa shape index (κ2) is 4.74. The molecule has 88 valence electrons. The Bertz CT molecular complexity index is 365. The third-order valence-corrected chi connectivity index (χ3v) is 2.94. The summed E-state index contributed by atoms with van der Waals surface area (Å²) in [5, 5.41) is 3.46. The number of fused-ring (bicyclic) bond motifs is 1. The van der Waals surface area contributed by atoms with E-state index in [4.69, 9.17) is 9.47 Å². The van der Waals surface area contributed by atoms with Crippen molar-refractivity contribution in [2.75, 3.05) is 19.0 Å². The van der Waals surface area contributed by atoms with Gasteiger partial charge in [0, 0.05) is 23.9 Å². The van der Waals surface area contributed by atoms with Crippen LogP contribution in [0.15, 0.2) is 18.2 Å². The predicted molar refractivity (Wildman–Crippen MR) is 65.1 cm³/mol. The Balaban J connectivity index is 2.33. The van der Waals surface area contributed by atoms with Crippen molar-refractivity contribution in [3.63, 3.8) is 0 Å². The fraction of sp³-hybridized carbons (Fsp3) is 0.538. The molecule has 16 heavy (non-hydrogen) atoms. The Morgan fingerprint density at radius 2 is 2.25 bits per heavy atom. The molecule has 0 saturated heterocycles. The van der Waals surface area contributed by atoms with Crippen LogP contribution in [-0.2, 0) is 4.74 Å². The van der Waals surface area contributed by atoms with Crippen molar-refractivity contribution >= 4 is 5.69 Å². The van der Waals surface area contributed by atoms with E-state index in [0.717, 1.165) is 24.5 Å². The van der Waals surface area contributed by atoms with Gasteiger partial charge < -0.3 is 14.8 Å². The quantitative estimate of drug-likeness (QED) is 0.851. The van der Waals surface area contributed by atoms with Gasteiger partial charge in [-0.3, -0.25) is 0 Å². The molecule has 1 aliphatic rings. The summed E-state index contributed by atoms with van der Waals surface area (Å²) in [6, 6.07) is 6.56. The zero-order chi connectivity index (χ0) is 11.5. The predicted octanol–water partition coefficient (Wildman–Crippen LogP) is 2.98. The van der Waals surface area contributed by atoms with Crippen LogP contribution in [-0.4, -0.2) is 19.8 Å². The number of hydrogen-bond acceptors (Lipinski definition) is 3. The lowest BCUT2D eigenvalue weighted by molar-refractivity contribution is 0.0510. The summed E-state index contributed by atoms with van der Waals surface area (Å²) in [5.74, 6) is 0.889. The SMILES string of the molecule is CCO[C@H]1C[C@@H](C)Nc2ccc(OC)cc21. The van der Waals surface area contributed by atoms with Crippen LogP contribution in [0.4, 0.5) is 5.69 Å². The van der Waals surface area contributed by atoms with E-state index in [1.807, 2.05) is 13.0 Å². The molecular weight excluding hydrogens is 202 g/mol. The van der Waals surface area contributed by atoms with E-state index in [1.165, 1.54) is 5.56 Å². The maximum atomic E-state index is 5.78. The average molecular weight is 221 g/mol. The molecule has 0 aliphatic carbocycles. The molecule has 0 fully saturated rings. The monoisotopic (exact) mass is 221 g/mol. The number of rotatable bonds is 3. The summed E-state index contributed by atoms with van der Waals surface area (Å²) in [6.07, 6.45) is 1.19. The fourth-order valence-electron chi connectivity index (χ4n) is 2.20. The molecule has 0 spiro atoms. The van der Waals surface area contributed by atoms with Crippen LogP contribution in [0.1, 0.15) is 31.9 Å². The summed E-state index contributed by atoms with van der Waals surface area (Å²) in [7, 11) is 1.69. The zero-order valence-electron chi connectivity index (χ0n) is 10.1. The molecule has 0 unspecified atom stereocenters. The Morgan fingerprint density at radius 3 is 2.94 bits per heavy atom. The van der Waals surface area contributed by atoms with Crippen LogP contribution < -0.4 is 10.1 Å². The molecule has 1 heterocycles. The van der Waals surface area contributed by atoms with E-state index in [-0.39, 0.29) is 6.10 Å². The van der Waals surface area contributed by atoms with E-state index in [0.29, 0.717) is 6.04 Å². The lowest BCUT2D eigenvalue weighted by Gasteiger charge is -2.31. The van der Waals surface area contributed by atoms with Crippen LogP contribution >= 0.6 is 0 Å². The van der Waals surface area contributed by atoms with E-state index in [2.05, 4.69) is 24.4 Å². The highest BCUT2D eigenvalue weighted by Crippen LogP contribution is 2.37. The van der Waals surface area contributed by atoms with E-state index in [1.54, 1.807) is 7.11 Å². The number of hydrogen-bond donors (Lipinski definition) is 1. The van der Waals surface area contributed by atoms with Crippen LogP contribution in [0.25, 0.3) is 0 Å². The zero-order valence-corrected chi connectivity index (χ0v) is 10.1. The second-order valence-electron chi connectivity index (χ2n) is 4.18. The molecule has 1 aliphatic heterocycles. The minimum absolute atomic E-state index is 0.186. The standard InChI is InChI=1S/C13H19NO2/c1-4-16-13-7-9(2)14-12-6-5-10(15-3)8-11(12)13/h5-6,8-9,13-14H,4,7H2,1-3H3/t9-,13+/m1/s1. The second-order valence-corrected chi connectivity index (χ2v) is 4.18. The van der Waals surface area contributed by atoms with Crippen molar-refractivity contribution in [3.8, 4) is 5.75 Å². The number of nitrogens with one attached hydrogen (secondary N) is 1. The minimum atomic E-state index is 0.186. The number of benzene rings is 1. The van der Waals surface area contributed by atoms with Gasteiger partial charge in [0.15, 0.2) is 0 Å². The normalized spacial score (nSPS) is 23.4. The van der Waals surface area contributed by atoms with Gasteiger partial charge in [-0.2, -0.15) is 0 Å². The minimum Gasteiger partial charge on any atom is -0.497 e. The molecule has 2 atom stereocenters. The molecule has 3 nitrogen and oxygen atoms in total. The fourth-order valence-corrected chi connectivity index (χ4v) is 2.20. The Kier molecular flexibility index (Phi) is 3.34. The summed E-state index contributed by atoms with van der Waals surface area (Å²) in [5.41, 5.74) is 2.37. The number of ether oxygens (including phenoxy) is 2. The van der Waals surface area contributed by atoms with E-state index < -0.39 is 0 Å². The van der Waals surface area contributed by atoms with Crippen LogP contribution in [0.3, 0.4) is 0 Å². The highest BCUT2D eigenvalue weighted by atomic mass is 16.5. The van der Waals surface area contributed by atoms with Crippen LogP contribution in [0.5, 0.6) is 5.75 Å². The lowest BCUT2D eigenvalue weighted by Crippen LogP contribution is -2.26. The summed E-state index contributed by atoms with van der Waals surface area (Å²) >= 11 is 0. The maximum Gasteiger partial charge on any atom is 0.119 e. The maximum absolute atomic E-state index is 5.78. The van der Waals surface area contributed by atoms with Crippen molar-refractivity contribution in [2.45, 2.75) is 32.4 Å². The van der Waals surface area contributed by atoms with Crippen molar-refractivity contribution in [1.82, 2.24) is 0 Å². The molecule has 3 heteroatoms. The highest BCUT2D eigenvalue weighted by Gasteiger charge is 2.24. The lowest BCUT2D eigenvalue weighted by atomic mass is 9.95. The number of methoxy groups -OCH3 is 1. The van der Waals surface area contributed by atoms with Gasteiger partial charge in [0.1, 0.15) is 5.75 Å². The molecule has 1 aromatic carbocycles. The largest absolute Gasteiger partial charge is 0.497 e. The van der Waals surface area contributed by atoms with Crippen LogP contribution in [0.2, 0.25) is 0 Å². The van der Waals surface area contributed by atoms with Crippen molar-refractivity contribution < 1.29 is 9.47 Å². The number of anilines is 1. The first-order valence-corrected chi connectivity index (χ1v) is 5.80. The topological polar surface area (TPSA) is 30.5 Å². The van der Waals surface area contributed by atoms with Gasteiger partial charge in [0.25, 0.3) is 0 Å². The summed E-state index contributed by atoms with van der Waals surface area (Å²) in [4.78, 5) is 0. The molecule has 0 amide bonds. The molecule has 0 aromatic heterocycles. The van der Waals surface area contributed by atoms with Gasteiger partial charge in [-0.15, -0.1) is 0 Å². The van der Waals surface area contributed by atoms with Gasteiger partial charge in [-0.1, -0.05) is 0 Å². The average Bonchev–Trinajstić information content (AvgIpc) is 2.29. The first-order chi connectivity index (χ1) is 7.74. The molecule has 1 aromatic rings. The van der Waals surface area contributed by atoms with Gasteiger partial charge >= 0.3 is 0 Å². The first-order valence-electron chi connectivity index (χ1n) is 5.80.